The lowest BCUT2D eigenvalue weighted by molar-refractivity contribution is 0.147. The number of fused-ring (bicyclic) bond motifs is 1. The molecule has 2 N–H and O–H groups in total. The topological polar surface area (TPSA) is 127 Å². The number of methoxy groups -OCH3 is 1. The zero-order valence-electron chi connectivity index (χ0n) is 29.5. The normalized spacial score (nSPS) is 14.7. The number of aromatic nitrogens is 4. The van der Waals surface area contributed by atoms with Crippen molar-refractivity contribution in [1.29, 1.82) is 0 Å². The Hall–Kier alpha value is -2.91. The van der Waals surface area contributed by atoms with Gasteiger partial charge in [-0.2, -0.15) is 5.10 Å². The fraction of sp³-hybridized carbons (Fsp3) is 0.514. The number of rotatable bonds is 15. The monoisotopic (exact) mass is 699 g/mol. The van der Waals surface area contributed by atoms with Crippen LogP contribution in [-0.4, -0.2) is 75.6 Å². The van der Waals surface area contributed by atoms with Crippen molar-refractivity contribution in [1.82, 2.24) is 24.5 Å². The molecule has 0 spiro atoms. The fourth-order valence-electron chi connectivity index (χ4n) is 4.60. The minimum absolute atomic E-state index is 0.0768. The predicted molar refractivity (Wildman–Crippen MR) is 192 cm³/mol. The maximum absolute atomic E-state index is 15.4. The number of aliphatic hydroxyl groups is 1. The Balaban J connectivity index is 1.77. The number of nitrogens with zero attached hydrogens (tertiary/aromatic N) is 4. The molecule has 262 valence electrons. The van der Waals surface area contributed by atoms with Gasteiger partial charge in [0.2, 0.25) is 0 Å². The van der Waals surface area contributed by atoms with E-state index in [4.69, 9.17) is 29.0 Å². The molecule has 4 aromatic rings. The quantitative estimate of drug-likeness (QED) is 0.0779. The molecule has 0 aliphatic carbocycles. The molecule has 0 aliphatic heterocycles. The largest absolute Gasteiger partial charge is 0.598 e. The standard InChI is InChI=1S/C35H50FN5O5SSi/c1-34(2,3)47(43)40-33(27(36)16-17-42)29-14-11-13-28(39-29)24-20-30-26(31(21-24)45-19-18-44-7)22-37-41(30)32-15-10-12-25(38-32)23-46-48(8,9)35(4,5)6/h10-15,20-22,27,33,40,42H,16-19,23H2,1-9H3/t27?,33-,47+/m0/s1. The SMILES string of the molecule is COCCOc1cc(-c2cccc([C@@H](N[S@+]([O-])C(C)(C)C)C(F)CCO)n2)cc2c1cnn2-c1cccc(CO[Si](C)(C)C(C)(C)C)n1. The van der Waals surface area contributed by atoms with Gasteiger partial charge in [-0.05, 0) is 75.3 Å². The van der Waals surface area contributed by atoms with E-state index in [0.717, 1.165) is 16.6 Å². The number of ether oxygens (including phenoxy) is 2. The van der Waals surface area contributed by atoms with E-state index in [1.165, 1.54) is 0 Å². The average molecular weight is 700 g/mol. The van der Waals surface area contributed by atoms with Gasteiger partial charge in [-0.15, -0.1) is 4.72 Å². The molecule has 10 nitrogen and oxygen atoms in total. The molecule has 1 unspecified atom stereocenters. The van der Waals surface area contributed by atoms with Gasteiger partial charge in [0.25, 0.3) is 0 Å². The van der Waals surface area contributed by atoms with Crippen molar-refractivity contribution in [2.24, 2.45) is 0 Å². The van der Waals surface area contributed by atoms with Crippen LogP contribution in [0, 0.1) is 0 Å². The first-order valence-corrected chi connectivity index (χ1v) is 20.3. The summed E-state index contributed by atoms with van der Waals surface area (Å²) >= 11 is -1.57. The minimum atomic E-state index is -1.98. The van der Waals surface area contributed by atoms with Crippen LogP contribution in [0.2, 0.25) is 18.1 Å². The lowest BCUT2D eigenvalue weighted by Gasteiger charge is -2.36. The number of aliphatic hydroxyl groups excluding tert-OH is 1. The average Bonchev–Trinajstić information content (AvgIpc) is 3.46. The molecule has 4 rings (SSSR count). The fourth-order valence-corrected chi connectivity index (χ4v) is 6.40. The summed E-state index contributed by atoms with van der Waals surface area (Å²) < 4.78 is 50.3. The predicted octanol–water partition coefficient (Wildman–Crippen LogP) is 6.84. The van der Waals surface area contributed by atoms with Crippen LogP contribution in [0.1, 0.15) is 65.4 Å². The second-order valence-electron chi connectivity index (χ2n) is 14.3. The molecule has 3 atom stereocenters. The van der Waals surface area contributed by atoms with Crippen LogP contribution >= 0.6 is 0 Å². The number of halogens is 1. The molecule has 3 aromatic heterocycles. The molecule has 0 bridgehead atoms. The highest BCUT2D eigenvalue weighted by atomic mass is 32.2. The number of pyridine rings is 2. The lowest BCUT2D eigenvalue weighted by atomic mass is 10.0. The third kappa shape index (κ3) is 9.20. The van der Waals surface area contributed by atoms with E-state index in [9.17, 15) is 9.66 Å². The van der Waals surface area contributed by atoms with Gasteiger partial charge in [-0.25, -0.2) is 14.1 Å². The van der Waals surface area contributed by atoms with Gasteiger partial charge in [-0.1, -0.05) is 32.9 Å². The van der Waals surface area contributed by atoms with Crippen molar-refractivity contribution < 1.29 is 27.9 Å². The van der Waals surface area contributed by atoms with E-state index in [-0.39, 0.29) is 18.1 Å². The number of hydrogen-bond acceptors (Lipinski definition) is 9. The Bertz CT molecular complexity index is 1660. The highest BCUT2D eigenvalue weighted by Gasteiger charge is 2.37. The van der Waals surface area contributed by atoms with E-state index in [0.29, 0.717) is 48.3 Å². The molecule has 3 heterocycles. The Kier molecular flexibility index (Phi) is 12.4. The van der Waals surface area contributed by atoms with Crippen LogP contribution < -0.4 is 9.46 Å². The van der Waals surface area contributed by atoms with Crippen molar-refractivity contribution >= 4 is 30.6 Å². The van der Waals surface area contributed by atoms with Gasteiger partial charge in [0.15, 0.2) is 14.1 Å². The molecule has 0 amide bonds. The van der Waals surface area contributed by atoms with Crippen molar-refractivity contribution in [3.8, 4) is 22.8 Å². The smallest absolute Gasteiger partial charge is 0.192 e. The molecule has 48 heavy (non-hydrogen) atoms. The highest BCUT2D eigenvalue weighted by Crippen LogP contribution is 2.37. The summed E-state index contributed by atoms with van der Waals surface area (Å²) in [5, 5.41) is 15.0. The summed E-state index contributed by atoms with van der Waals surface area (Å²) in [5.74, 6) is 1.21. The van der Waals surface area contributed by atoms with Crippen molar-refractivity contribution in [2.45, 2.75) is 89.7 Å². The van der Waals surface area contributed by atoms with Gasteiger partial charge in [0, 0.05) is 37.1 Å². The summed E-state index contributed by atoms with van der Waals surface area (Å²) in [5.41, 5.74) is 3.20. The van der Waals surface area contributed by atoms with Crippen LogP contribution in [0.25, 0.3) is 28.0 Å². The van der Waals surface area contributed by atoms with E-state index in [1.54, 1.807) is 30.1 Å². The Morgan fingerprint density at radius 1 is 1.04 bits per heavy atom. The summed E-state index contributed by atoms with van der Waals surface area (Å²) in [7, 11) is -0.367. The Morgan fingerprint density at radius 3 is 2.44 bits per heavy atom. The van der Waals surface area contributed by atoms with Crippen LogP contribution in [-0.2, 0) is 27.1 Å². The van der Waals surface area contributed by atoms with Gasteiger partial charge in [0.1, 0.15) is 29.3 Å². The van der Waals surface area contributed by atoms with E-state index in [1.807, 2.05) is 57.2 Å². The molecular formula is C35H50FN5O5SSi. The first-order valence-electron chi connectivity index (χ1n) is 16.2. The van der Waals surface area contributed by atoms with Gasteiger partial charge in [0.05, 0.1) is 47.4 Å². The molecule has 13 heteroatoms. The highest BCUT2D eigenvalue weighted by molar-refractivity contribution is 7.90. The summed E-state index contributed by atoms with van der Waals surface area (Å²) in [6, 6.07) is 13.9. The molecule has 0 saturated heterocycles. The number of hydrogen-bond donors (Lipinski definition) is 2. The number of nitrogens with one attached hydrogen (secondary N) is 1. The number of alkyl halides is 1. The summed E-state index contributed by atoms with van der Waals surface area (Å²) in [6.45, 7) is 17.3. The molecule has 0 aliphatic rings. The second-order valence-corrected chi connectivity index (χ2v) is 21.1. The zero-order chi connectivity index (χ0) is 35.3. The third-order valence-corrected chi connectivity index (χ3v) is 14.6. The third-order valence-electron chi connectivity index (χ3n) is 8.53. The van der Waals surface area contributed by atoms with E-state index >= 15 is 4.39 Å². The van der Waals surface area contributed by atoms with Crippen molar-refractivity contribution in [3.05, 3.63) is 66.1 Å². The van der Waals surface area contributed by atoms with Crippen molar-refractivity contribution in [2.75, 3.05) is 26.9 Å². The molecular weight excluding hydrogens is 650 g/mol. The first-order chi connectivity index (χ1) is 22.6. The lowest BCUT2D eigenvalue weighted by Crippen LogP contribution is -2.44. The maximum Gasteiger partial charge on any atom is 0.192 e. The molecule has 1 aromatic carbocycles. The van der Waals surface area contributed by atoms with Crippen LogP contribution in [0.15, 0.2) is 54.7 Å². The van der Waals surface area contributed by atoms with Crippen molar-refractivity contribution in [3.63, 3.8) is 0 Å². The van der Waals surface area contributed by atoms with Crippen LogP contribution in [0.5, 0.6) is 5.75 Å². The second kappa shape index (κ2) is 15.8. The molecule has 0 fully saturated rings. The van der Waals surface area contributed by atoms with Crippen LogP contribution in [0.3, 0.4) is 0 Å². The van der Waals surface area contributed by atoms with Crippen LogP contribution in [0.4, 0.5) is 4.39 Å². The zero-order valence-corrected chi connectivity index (χ0v) is 31.4. The molecule has 0 saturated carbocycles. The Morgan fingerprint density at radius 2 is 1.77 bits per heavy atom. The van der Waals surface area contributed by atoms with Gasteiger partial charge in [-0.3, -0.25) is 4.98 Å². The summed E-state index contributed by atoms with van der Waals surface area (Å²) in [6.07, 6.45) is 0.107. The van der Waals surface area contributed by atoms with Gasteiger partial charge >= 0.3 is 0 Å². The van der Waals surface area contributed by atoms with E-state index < -0.39 is 36.6 Å². The summed E-state index contributed by atoms with van der Waals surface area (Å²) in [4.78, 5) is 9.74. The van der Waals surface area contributed by atoms with E-state index in [2.05, 4.69) is 38.6 Å². The number of benzene rings is 1. The van der Waals surface area contributed by atoms with Gasteiger partial charge < -0.3 is 23.6 Å². The molecule has 0 radical (unpaired) electrons. The minimum Gasteiger partial charge on any atom is -0.598 e. The first kappa shape index (κ1) is 37.9. The maximum atomic E-state index is 15.4. The Labute approximate surface area is 287 Å².